The van der Waals surface area contributed by atoms with Gasteiger partial charge >= 0.3 is 0 Å². The average molecular weight is 688 g/mol. The Morgan fingerprint density at radius 2 is 0.870 bits per heavy atom. The van der Waals surface area contributed by atoms with Crippen LogP contribution in [0.4, 0.5) is 17.1 Å². The largest absolute Gasteiger partial charge is 0.456 e. The first kappa shape index (κ1) is 30.5. The molecule has 0 fully saturated rings. The fraction of sp³-hybridized carbons (Fsp3) is 0. The van der Waals surface area contributed by atoms with Gasteiger partial charge < -0.3 is 9.32 Å². The van der Waals surface area contributed by atoms with E-state index in [0.717, 1.165) is 39.0 Å². The fourth-order valence-electron chi connectivity index (χ4n) is 8.37. The van der Waals surface area contributed by atoms with Crippen LogP contribution < -0.4 is 4.90 Å². The van der Waals surface area contributed by atoms with Gasteiger partial charge in [-0.3, -0.25) is 0 Å². The zero-order valence-corrected chi connectivity index (χ0v) is 29.4. The third-order valence-corrected chi connectivity index (χ3v) is 11.0. The van der Waals surface area contributed by atoms with E-state index in [1.165, 1.54) is 65.3 Å². The predicted molar refractivity (Wildman–Crippen MR) is 229 cm³/mol. The van der Waals surface area contributed by atoms with Crippen LogP contribution in [0.15, 0.2) is 205 Å². The zero-order valence-electron chi connectivity index (χ0n) is 29.4. The molecule has 10 aromatic carbocycles. The van der Waals surface area contributed by atoms with Crippen molar-refractivity contribution in [1.82, 2.24) is 0 Å². The van der Waals surface area contributed by atoms with Crippen molar-refractivity contribution in [1.29, 1.82) is 0 Å². The Hall–Kier alpha value is -7.16. The maximum Gasteiger partial charge on any atom is 0.137 e. The molecule has 0 unspecified atom stereocenters. The van der Waals surface area contributed by atoms with Crippen LogP contribution >= 0.6 is 0 Å². The number of furan rings is 1. The smallest absolute Gasteiger partial charge is 0.137 e. The third-order valence-electron chi connectivity index (χ3n) is 11.0. The topological polar surface area (TPSA) is 16.4 Å². The number of hydrogen-bond donors (Lipinski definition) is 0. The molecular formula is C52H33NO. The van der Waals surface area contributed by atoms with Gasteiger partial charge in [-0.15, -0.1) is 0 Å². The number of fused-ring (bicyclic) bond motifs is 8. The molecule has 0 bridgehead atoms. The first-order chi connectivity index (χ1) is 26.7. The molecule has 54 heavy (non-hydrogen) atoms. The highest BCUT2D eigenvalue weighted by Crippen LogP contribution is 2.45. The summed E-state index contributed by atoms with van der Waals surface area (Å²) in [6.45, 7) is 0. The normalized spacial score (nSPS) is 11.7. The quantitative estimate of drug-likeness (QED) is 0.168. The van der Waals surface area contributed by atoms with Gasteiger partial charge in [0.15, 0.2) is 0 Å². The van der Waals surface area contributed by atoms with Crippen LogP contribution in [0.3, 0.4) is 0 Å². The van der Waals surface area contributed by atoms with E-state index in [4.69, 9.17) is 4.42 Å². The van der Waals surface area contributed by atoms with Gasteiger partial charge in [-0.05, 0) is 115 Å². The minimum Gasteiger partial charge on any atom is -0.456 e. The van der Waals surface area contributed by atoms with Crippen LogP contribution in [0.25, 0.3) is 87.3 Å². The molecule has 0 amide bonds. The Morgan fingerprint density at radius 3 is 1.65 bits per heavy atom. The third kappa shape index (κ3) is 4.96. The SMILES string of the molecule is c1ccc(-c2ccc(N(c3ccc4c(c3)oc3cc5ccccc5cc34)c3cc(-c4cc5ccccc5c5ccccc45)cc4ccccc34)cc2)cc1. The Labute approximate surface area is 312 Å². The molecule has 1 heterocycles. The molecule has 11 aromatic rings. The van der Waals surface area contributed by atoms with Crippen LogP contribution in [-0.2, 0) is 0 Å². The Morgan fingerprint density at radius 1 is 0.296 bits per heavy atom. The molecular weight excluding hydrogens is 655 g/mol. The van der Waals surface area contributed by atoms with E-state index in [9.17, 15) is 0 Å². The molecule has 0 aliphatic rings. The van der Waals surface area contributed by atoms with Crippen LogP contribution in [0, 0.1) is 0 Å². The lowest BCUT2D eigenvalue weighted by atomic mass is 9.91. The standard InChI is InChI=1S/C52H33NO/c1-2-12-34(13-3-1)35-22-24-41(25-23-35)53(42-26-27-47-49-29-36-14-4-5-15-37(36)32-51(49)54-52(47)33-42)50-31-40(28-38-16-7-9-19-44(38)50)48-30-39-17-6-8-18-43(39)45-20-10-11-21-46(45)48/h1-33H. The summed E-state index contributed by atoms with van der Waals surface area (Å²) in [5, 5.41) is 12.0. The van der Waals surface area contributed by atoms with E-state index in [1.807, 2.05) is 0 Å². The molecule has 0 aliphatic heterocycles. The van der Waals surface area contributed by atoms with E-state index in [2.05, 4.69) is 205 Å². The summed E-state index contributed by atoms with van der Waals surface area (Å²) < 4.78 is 6.64. The van der Waals surface area contributed by atoms with Crippen molar-refractivity contribution >= 4 is 82.1 Å². The summed E-state index contributed by atoms with van der Waals surface area (Å²) in [5.74, 6) is 0. The molecule has 2 nitrogen and oxygen atoms in total. The average Bonchev–Trinajstić information content (AvgIpc) is 3.59. The van der Waals surface area contributed by atoms with Gasteiger partial charge in [0.05, 0.1) is 5.69 Å². The minimum absolute atomic E-state index is 0.865. The molecule has 11 rings (SSSR count). The van der Waals surface area contributed by atoms with Crippen LogP contribution in [-0.4, -0.2) is 0 Å². The van der Waals surface area contributed by atoms with E-state index in [-0.39, 0.29) is 0 Å². The highest BCUT2D eigenvalue weighted by Gasteiger charge is 2.20. The van der Waals surface area contributed by atoms with Crippen molar-refractivity contribution in [3.05, 3.63) is 200 Å². The summed E-state index contributed by atoms with van der Waals surface area (Å²) >= 11 is 0. The van der Waals surface area contributed by atoms with Gasteiger partial charge in [-0.1, -0.05) is 140 Å². The van der Waals surface area contributed by atoms with Gasteiger partial charge in [0.25, 0.3) is 0 Å². The van der Waals surface area contributed by atoms with Gasteiger partial charge in [0.2, 0.25) is 0 Å². The van der Waals surface area contributed by atoms with Crippen LogP contribution in [0.2, 0.25) is 0 Å². The molecule has 0 atom stereocenters. The van der Waals surface area contributed by atoms with E-state index >= 15 is 0 Å². The molecule has 0 saturated heterocycles. The highest BCUT2D eigenvalue weighted by molar-refractivity contribution is 6.15. The molecule has 252 valence electrons. The molecule has 0 radical (unpaired) electrons. The van der Waals surface area contributed by atoms with E-state index in [0.29, 0.717) is 0 Å². The van der Waals surface area contributed by atoms with Crippen molar-refractivity contribution in [2.24, 2.45) is 0 Å². The van der Waals surface area contributed by atoms with E-state index in [1.54, 1.807) is 0 Å². The molecule has 0 spiro atoms. The summed E-state index contributed by atoms with van der Waals surface area (Å²) in [4.78, 5) is 2.40. The first-order valence-corrected chi connectivity index (χ1v) is 18.5. The Kier molecular flexibility index (Phi) is 6.90. The first-order valence-electron chi connectivity index (χ1n) is 18.5. The zero-order chi connectivity index (χ0) is 35.6. The number of rotatable bonds is 5. The lowest BCUT2D eigenvalue weighted by Crippen LogP contribution is -2.10. The molecule has 0 N–H and O–H groups in total. The fourth-order valence-corrected chi connectivity index (χ4v) is 8.37. The van der Waals surface area contributed by atoms with E-state index < -0.39 is 0 Å². The maximum atomic E-state index is 6.64. The molecule has 0 saturated carbocycles. The monoisotopic (exact) mass is 687 g/mol. The number of anilines is 3. The second-order valence-corrected chi connectivity index (χ2v) is 14.1. The molecule has 2 heteroatoms. The lowest BCUT2D eigenvalue weighted by Gasteiger charge is -2.28. The van der Waals surface area contributed by atoms with Gasteiger partial charge in [-0.2, -0.15) is 0 Å². The number of nitrogens with zero attached hydrogens (tertiary/aromatic N) is 1. The van der Waals surface area contributed by atoms with Crippen molar-refractivity contribution in [2.45, 2.75) is 0 Å². The second kappa shape index (κ2) is 12.2. The number of benzene rings is 10. The molecule has 1 aromatic heterocycles. The lowest BCUT2D eigenvalue weighted by molar-refractivity contribution is 0.669. The van der Waals surface area contributed by atoms with Crippen LogP contribution in [0.5, 0.6) is 0 Å². The molecule has 0 aliphatic carbocycles. The predicted octanol–water partition coefficient (Wildman–Crippen LogP) is 15.0. The Bertz CT molecular complexity index is 3210. The number of hydrogen-bond acceptors (Lipinski definition) is 2. The summed E-state index contributed by atoms with van der Waals surface area (Å²) in [6.07, 6.45) is 0. The van der Waals surface area contributed by atoms with Crippen molar-refractivity contribution in [2.75, 3.05) is 4.90 Å². The van der Waals surface area contributed by atoms with Gasteiger partial charge in [0.1, 0.15) is 11.2 Å². The van der Waals surface area contributed by atoms with Crippen molar-refractivity contribution in [3.8, 4) is 22.3 Å². The van der Waals surface area contributed by atoms with Crippen LogP contribution in [0.1, 0.15) is 0 Å². The highest BCUT2D eigenvalue weighted by atomic mass is 16.3. The minimum atomic E-state index is 0.865. The Balaban J connectivity index is 1.16. The maximum absolute atomic E-state index is 6.64. The van der Waals surface area contributed by atoms with Gasteiger partial charge in [-0.25, -0.2) is 0 Å². The summed E-state index contributed by atoms with van der Waals surface area (Å²) in [5.41, 5.74) is 9.74. The summed E-state index contributed by atoms with van der Waals surface area (Å²) in [6, 6.07) is 72.4. The van der Waals surface area contributed by atoms with Gasteiger partial charge in [0, 0.05) is 33.6 Å². The second-order valence-electron chi connectivity index (χ2n) is 14.1. The van der Waals surface area contributed by atoms with Crippen molar-refractivity contribution in [3.63, 3.8) is 0 Å². The van der Waals surface area contributed by atoms with Crippen molar-refractivity contribution < 1.29 is 4.42 Å². The summed E-state index contributed by atoms with van der Waals surface area (Å²) in [7, 11) is 0.